The second kappa shape index (κ2) is 4.49. The summed E-state index contributed by atoms with van der Waals surface area (Å²) in [6.45, 7) is 2.37. The zero-order chi connectivity index (χ0) is 10.8. The topological polar surface area (TPSA) is 54.5 Å². The Balaban J connectivity index is 2.63. The molecule has 0 saturated carbocycles. The number of hydrogen-bond acceptors (Lipinski definition) is 3. The Bertz CT molecular complexity index is 313. The van der Waals surface area contributed by atoms with Crippen molar-refractivity contribution in [2.45, 2.75) is 18.7 Å². The lowest BCUT2D eigenvalue weighted by Crippen LogP contribution is -2.37. The minimum atomic E-state index is -2.95. The Hall–Kier alpha value is -0.290. The van der Waals surface area contributed by atoms with Crippen molar-refractivity contribution < 1.29 is 13.2 Å². The molecular formula is C8H14ClNO3S. The van der Waals surface area contributed by atoms with Crippen molar-refractivity contribution >= 4 is 27.3 Å². The first kappa shape index (κ1) is 11.8. The zero-order valence-electron chi connectivity index (χ0n) is 8.07. The van der Waals surface area contributed by atoms with Crippen LogP contribution in [-0.2, 0) is 14.6 Å². The van der Waals surface area contributed by atoms with Gasteiger partial charge in [-0.25, -0.2) is 8.42 Å². The number of halogens is 1. The highest BCUT2D eigenvalue weighted by molar-refractivity contribution is 7.91. The Labute approximate surface area is 89.1 Å². The van der Waals surface area contributed by atoms with Gasteiger partial charge in [0, 0.05) is 13.1 Å². The fraction of sp³-hybridized carbons (Fsp3) is 0.875. The summed E-state index contributed by atoms with van der Waals surface area (Å²) in [4.78, 5) is 13.0. The number of hydrogen-bond donors (Lipinski definition) is 0. The van der Waals surface area contributed by atoms with Crippen LogP contribution in [0.5, 0.6) is 0 Å². The van der Waals surface area contributed by atoms with Crippen LogP contribution in [0.4, 0.5) is 0 Å². The molecule has 0 aromatic rings. The third kappa shape index (κ3) is 3.13. The van der Waals surface area contributed by atoms with Gasteiger partial charge in [-0.2, -0.15) is 0 Å². The average molecular weight is 240 g/mol. The molecule has 6 heteroatoms. The maximum Gasteiger partial charge on any atom is 0.240 e. The third-order valence-corrected chi connectivity index (χ3v) is 4.11. The van der Waals surface area contributed by atoms with Crippen molar-refractivity contribution in [3.8, 4) is 0 Å². The highest BCUT2D eigenvalue weighted by Crippen LogP contribution is 2.08. The van der Waals surface area contributed by atoms with E-state index in [1.54, 1.807) is 6.92 Å². The van der Waals surface area contributed by atoms with Crippen LogP contribution in [0.3, 0.4) is 0 Å². The van der Waals surface area contributed by atoms with E-state index >= 15 is 0 Å². The molecule has 0 bridgehead atoms. The van der Waals surface area contributed by atoms with E-state index in [0.717, 1.165) is 0 Å². The number of nitrogens with zero attached hydrogens (tertiary/aromatic N) is 1. The molecule has 14 heavy (non-hydrogen) atoms. The third-order valence-electron chi connectivity index (χ3n) is 2.21. The lowest BCUT2D eigenvalue weighted by atomic mass is 10.3. The second-order valence-corrected chi connectivity index (χ2v) is 6.40. The molecular weight excluding hydrogens is 226 g/mol. The molecule has 1 amide bonds. The molecule has 1 aliphatic heterocycles. The van der Waals surface area contributed by atoms with E-state index in [2.05, 4.69) is 0 Å². The summed E-state index contributed by atoms with van der Waals surface area (Å²) in [6, 6.07) is 0. The van der Waals surface area contributed by atoms with Crippen LogP contribution < -0.4 is 0 Å². The van der Waals surface area contributed by atoms with E-state index in [4.69, 9.17) is 11.6 Å². The standard InChI is InChI=1S/C8H14ClNO3S/c1-7(9)8(11)10-3-2-5-14(12,13)6-4-10/h7H,2-6H2,1H3. The van der Waals surface area contributed by atoms with E-state index < -0.39 is 15.2 Å². The van der Waals surface area contributed by atoms with Crippen LogP contribution >= 0.6 is 11.6 Å². The maximum absolute atomic E-state index is 11.5. The molecule has 1 aliphatic rings. The molecule has 0 spiro atoms. The molecule has 1 saturated heterocycles. The van der Waals surface area contributed by atoms with Crippen molar-refractivity contribution in [2.75, 3.05) is 24.6 Å². The number of amides is 1. The van der Waals surface area contributed by atoms with Gasteiger partial charge in [0.1, 0.15) is 5.38 Å². The molecule has 0 aliphatic carbocycles. The summed E-state index contributed by atoms with van der Waals surface area (Å²) in [5, 5.41) is -0.573. The predicted molar refractivity (Wildman–Crippen MR) is 55.2 cm³/mol. The number of alkyl halides is 1. The summed E-state index contributed by atoms with van der Waals surface area (Å²) in [7, 11) is -2.95. The van der Waals surface area contributed by atoms with Gasteiger partial charge in [-0.3, -0.25) is 4.79 Å². The first-order valence-electron chi connectivity index (χ1n) is 4.56. The molecule has 4 nitrogen and oxygen atoms in total. The Kier molecular flexibility index (Phi) is 3.78. The van der Waals surface area contributed by atoms with Gasteiger partial charge in [0.25, 0.3) is 0 Å². The van der Waals surface area contributed by atoms with E-state index in [0.29, 0.717) is 13.0 Å². The summed E-state index contributed by atoms with van der Waals surface area (Å²) in [5.41, 5.74) is 0. The largest absolute Gasteiger partial charge is 0.340 e. The Morgan fingerprint density at radius 3 is 2.57 bits per heavy atom. The Morgan fingerprint density at radius 2 is 2.00 bits per heavy atom. The number of carbonyl (C=O) groups excluding carboxylic acids is 1. The van der Waals surface area contributed by atoms with Gasteiger partial charge in [0.05, 0.1) is 11.5 Å². The van der Waals surface area contributed by atoms with Gasteiger partial charge in [-0.1, -0.05) is 0 Å². The highest BCUT2D eigenvalue weighted by atomic mass is 35.5. The van der Waals surface area contributed by atoms with E-state index in [1.807, 2.05) is 0 Å². The van der Waals surface area contributed by atoms with Crippen LogP contribution in [0, 0.1) is 0 Å². The fourth-order valence-corrected chi connectivity index (χ4v) is 2.82. The van der Waals surface area contributed by atoms with Crippen LogP contribution in [0.1, 0.15) is 13.3 Å². The first-order chi connectivity index (χ1) is 6.42. The SMILES string of the molecule is CC(Cl)C(=O)N1CCCS(=O)(=O)CC1. The fourth-order valence-electron chi connectivity index (χ4n) is 1.41. The molecule has 1 rings (SSSR count). The minimum Gasteiger partial charge on any atom is -0.340 e. The zero-order valence-corrected chi connectivity index (χ0v) is 9.64. The lowest BCUT2D eigenvalue weighted by molar-refractivity contribution is -0.130. The van der Waals surface area contributed by atoms with E-state index in [9.17, 15) is 13.2 Å². The summed E-state index contributed by atoms with van der Waals surface area (Å²) >= 11 is 5.65. The van der Waals surface area contributed by atoms with E-state index in [-0.39, 0.29) is 24.0 Å². The maximum atomic E-state index is 11.5. The number of carbonyl (C=O) groups is 1. The normalized spacial score (nSPS) is 24.0. The molecule has 0 aromatic heterocycles. The van der Waals surface area contributed by atoms with Crippen LogP contribution in [0.25, 0.3) is 0 Å². The predicted octanol–water partition coefficient (Wildman–Crippen LogP) is 0.261. The molecule has 1 fully saturated rings. The van der Waals surface area contributed by atoms with Gasteiger partial charge in [-0.15, -0.1) is 11.6 Å². The van der Waals surface area contributed by atoms with Gasteiger partial charge in [0.15, 0.2) is 9.84 Å². The van der Waals surface area contributed by atoms with E-state index in [1.165, 1.54) is 4.90 Å². The molecule has 0 N–H and O–H groups in total. The monoisotopic (exact) mass is 239 g/mol. The summed E-state index contributed by atoms with van der Waals surface area (Å²) in [6.07, 6.45) is 0.512. The van der Waals surface area contributed by atoms with Crippen molar-refractivity contribution in [3.05, 3.63) is 0 Å². The van der Waals surface area contributed by atoms with Crippen molar-refractivity contribution in [3.63, 3.8) is 0 Å². The van der Waals surface area contributed by atoms with Gasteiger partial charge < -0.3 is 4.90 Å². The summed E-state index contributed by atoms with van der Waals surface area (Å²) in [5.74, 6) is 0.0549. The number of sulfone groups is 1. The van der Waals surface area contributed by atoms with Crippen LogP contribution in [0.2, 0.25) is 0 Å². The van der Waals surface area contributed by atoms with Crippen molar-refractivity contribution in [1.82, 2.24) is 4.90 Å². The minimum absolute atomic E-state index is 0.0579. The second-order valence-electron chi connectivity index (χ2n) is 3.45. The lowest BCUT2D eigenvalue weighted by Gasteiger charge is -2.20. The molecule has 82 valence electrons. The van der Waals surface area contributed by atoms with Crippen LogP contribution in [-0.4, -0.2) is 49.2 Å². The van der Waals surface area contributed by atoms with Crippen molar-refractivity contribution in [1.29, 1.82) is 0 Å². The summed E-state index contributed by atoms with van der Waals surface area (Å²) < 4.78 is 22.5. The molecule has 1 unspecified atom stereocenters. The molecule has 0 radical (unpaired) electrons. The van der Waals surface area contributed by atoms with Crippen molar-refractivity contribution in [2.24, 2.45) is 0 Å². The average Bonchev–Trinajstić information content (AvgIpc) is 2.25. The van der Waals surface area contributed by atoms with Crippen LogP contribution in [0.15, 0.2) is 0 Å². The Morgan fingerprint density at radius 1 is 1.36 bits per heavy atom. The van der Waals surface area contributed by atoms with Gasteiger partial charge in [-0.05, 0) is 13.3 Å². The number of rotatable bonds is 1. The van der Waals surface area contributed by atoms with Gasteiger partial charge >= 0.3 is 0 Å². The highest BCUT2D eigenvalue weighted by Gasteiger charge is 2.24. The van der Waals surface area contributed by atoms with Gasteiger partial charge in [0.2, 0.25) is 5.91 Å². The quantitative estimate of drug-likeness (QED) is 0.617. The first-order valence-corrected chi connectivity index (χ1v) is 6.81. The molecule has 1 heterocycles. The molecule has 1 atom stereocenters. The molecule has 0 aromatic carbocycles. The smallest absolute Gasteiger partial charge is 0.240 e.